The van der Waals surface area contributed by atoms with Crippen molar-refractivity contribution in [3.8, 4) is 0 Å². The summed E-state index contributed by atoms with van der Waals surface area (Å²) in [6, 6.07) is 0. The predicted octanol–water partition coefficient (Wildman–Crippen LogP) is 1.41. The Morgan fingerprint density at radius 2 is 2.25 bits per heavy atom. The van der Waals surface area contributed by atoms with Gasteiger partial charge in [0.05, 0.1) is 6.61 Å². The summed E-state index contributed by atoms with van der Waals surface area (Å²) in [6.07, 6.45) is 0. The summed E-state index contributed by atoms with van der Waals surface area (Å²) >= 11 is 5.06. The largest absolute Gasteiger partial charge is 0.465 e. The summed E-state index contributed by atoms with van der Waals surface area (Å²) in [7, 11) is 0. The molecule has 0 aromatic heterocycles. The van der Waals surface area contributed by atoms with Gasteiger partial charge in [-0.25, -0.2) is 0 Å². The molecule has 0 aliphatic heterocycles. The second-order valence-electron chi connectivity index (χ2n) is 0.939. The van der Waals surface area contributed by atoms with Crippen molar-refractivity contribution in [3.05, 3.63) is 0 Å². The fraction of sp³-hybridized carbons (Fsp3) is 0.750. The molecule has 0 aliphatic carbocycles. The van der Waals surface area contributed by atoms with Crippen molar-refractivity contribution in [1.29, 1.82) is 0 Å². The van der Waals surface area contributed by atoms with E-state index in [1.54, 1.807) is 6.92 Å². The average Bonchev–Trinajstić information content (AvgIpc) is 1.68. The molecule has 0 aromatic carbocycles. The third-order valence-electron chi connectivity index (χ3n) is 0.414. The average molecular weight is 250 g/mol. The second-order valence-corrected chi connectivity index (χ2v) is 1.21. The Hall–Kier alpha value is 0.490. The number of halogens is 2. The van der Waals surface area contributed by atoms with Crippen LogP contribution in [0.1, 0.15) is 6.92 Å². The molecule has 0 atom stereocenters. The molecule has 2 nitrogen and oxygen atoms in total. The van der Waals surface area contributed by atoms with Crippen molar-refractivity contribution in [1.82, 2.24) is 0 Å². The molecule has 0 fully saturated rings. The Bertz CT molecular complexity index is 67.1. The predicted molar refractivity (Wildman–Crippen MR) is 42.8 cm³/mol. The normalized spacial score (nSPS) is 7.25. The summed E-state index contributed by atoms with van der Waals surface area (Å²) in [5, 5.41) is 0. The van der Waals surface area contributed by atoms with Gasteiger partial charge in [-0.2, -0.15) is 0 Å². The number of carbonyl (C=O) groups is 1. The fourth-order valence-electron chi connectivity index (χ4n) is 0.200. The van der Waals surface area contributed by atoms with E-state index < -0.39 is 0 Å². The quantitative estimate of drug-likeness (QED) is 0.421. The van der Waals surface area contributed by atoms with Crippen LogP contribution in [0.4, 0.5) is 0 Å². The van der Waals surface area contributed by atoms with Crippen LogP contribution in [-0.2, 0) is 9.53 Å². The lowest BCUT2D eigenvalue weighted by atomic mass is 10.8. The van der Waals surface area contributed by atoms with Crippen molar-refractivity contribution in [2.75, 3.05) is 12.5 Å². The first kappa shape index (κ1) is 11.3. The number of ether oxygens (including phenoxy) is 1. The van der Waals surface area contributed by atoms with Crippen molar-refractivity contribution >= 4 is 41.5 Å². The van der Waals surface area contributed by atoms with Gasteiger partial charge in [-0.15, -0.1) is 35.6 Å². The third kappa shape index (κ3) is 6.49. The molecule has 0 aromatic rings. The van der Waals surface area contributed by atoms with Gasteiger partial charge in [-0.3, -0.25) is 4.79 Å². The van der Waals surface area contributed by atoms with Crippen molar-refractivity contribution < 1.29 is 9.53 Å². The van der Waals surface area contributed by atoms with Gasteiger partial charge in [0.1, 0.15) is 5.88 Å². The first-order chi connectivity index (χ1) is 3.31. The maximum absolute atomic E-state index is 10.1. The molecule has 0 rings (SSSR count). The molecule has 0 bridgehead atoms. The van der Waals surface area contributed by atoms with Crippen molar-refractivity contribution in [3.63, 3.8) is 0 Å². The van der Waals surface area contributed by atoms with Crippen LogP contribution >= 0.6 is 35.6 Å². The van der Waals surface area contributed by atoms with E-state index in [4.69, 9.17) is 11.6 Å². The Balaban J connectivity index is 0. The maximum atomic E-state index is 10.1. The lowest BCUT2D eigenvalue weighted by Gasteiger charge is -1.92. The fourth-order valence-corrected chi connectivity index (χ4v) is 0.277. The van der Waals surface area contributed by atoms with Crippen LogP contribution in [-0.4, -0.2) is 18.5 Å². The molecule has 0 heterocycles. The van der Waals surface area contributed by atoms with E-state index in [0.29, 0.717) is 6.61 Å². The molecular formula is C4H8ClIO2. The first-order valence-corrected chi connectivity index (χ1v) is 2.56. The highest BCUT2D eigenvalue weighted by Gasteiger charge is 1.93. The zero-order valence-electron chi connectivity index (χ0n) is 4.52. The minimum absolute atomic E-state index is 0. The van der Waals surface area contributed by atoms with Crippen LogP contribution in [0.3, 0.4) is 0 Å². The van der Waals surface area contributed by atoms with Gasteiger partial charge in [-0.1, -0.05) is 0 Å². The van der Waals surface area contributed by atoms with Crippen LogP contribution < -0.4 is 0 Å². The van der Waals surface area contributed by atoms with E-state index in [0.717, 1.165) is 0 Å². The van der Waals surface area contributed by atoms with Gasteiger partial charge in [-0.05, 0) is 6.92 Å². The monoisotopic (exact) mass is 250 g/mol. The van der Waals surface area contributed by atoms with Gasteiger partial charge < -0.3 is 4.74 Å². The standard InChI is InChI=1S/C4H7ClO2.HI/c1-2-7-4(6)3-5;/h2-3H2,1H3;1H. The number of hydrogen-bond donors (Lipinski definition) is 0. The molecule has 0 spiro atoms. The summed E-state index contributed by atoms with van der Waals surface area (Å²) in [4.78, 5) is 10.1. The van der Waals surface area contributed by atoms with Gasteiger partial charge >= 0.3 is 5.97 Å². The van der Waals surface area contributed by atoms with E-state index in [2.05, 4.69) is 4.74 Å². The van der Waals surface area contributed by atoms with Gasteiger partial charge in [0, 0.05) is 0 Å². The van der Waals surface area contributed by atoms with E-state index in [-0.39, 0.29) is 35.8 Å². The molecule has 0 radical (unpaired) electrons. The Morgan fingerprint density at radius 3 is 2.38 bits per heavy atom. The summed E-state index contributed by atoms with van der Waals surface area (Å²) < 4.78 is 4.42. The minimum Gasteiger partial charge on any atom is -0.465 e. The Kier molecular flexibility index (Phi) is 10.6. The molecule has 0 amide bonds. The highest BCUT2D eigenvalue weighted by atomic mass is 127. The number of rotatable bonds is 2. The van der Waals surface area contributed by atoms with Crippen LogP contribution in [0, 0.1) is 0 Å². The topological polar surface area (TPSA) is 26.3 Å². The summed E-state index contributed by atoms with van der Waals surface area (Å²) in [5.41, 5.74) is 0. The lowest BCUT2D eigenvalue weighted by molar-refractivity contribution is -0.140. The Labute approximate surface area is 70.6 Å². The smallest absolute Gasteiger partial charge is 0.320 e. The van der Waals surface area contributed by atoms with Crippen LogP contribution in [0.5, 0.6) is 0 Å². The lowest BCUT2D eigenvalue weighted by Crippen LogP contribution is -2.03. The summed E-state index contributed by atoms with van der Waals surface area (Å²) in [5.74, 6) is -0.405. The van der Waals surface area contributed by atoms with Gasteiger partial charge in [0.15, 0.2) is 0 Å². The highest BCUT2D eigenvalue weighted by Crippen LogP contribution is 1.79. The van der Waals surface area contributed by atoms with E-state index in [1.165, 1.54) is 0 Å². The molecule has 0 saturated heterocycles. The molecule has 8 heavy (non-hydrogen) atoms. The molecule has 50 valence electrons. The molecule has 4 heteroatoms. The Morgan fingerprint density at radius 1 is 1.75 bits per heavy atom. The van der Waals surface area contributed by atoms with Crippen molar-refractivity contribution in [2.24, 2.45) is 0 Å². The molecule has 0 aliphatic rings. The zero-order chi connectivity index (χ0) is 5.70. The van der Waals surface area contributed by atoms with Crippen LogP contribution in [0.2, 0.25) is 0 Å². The van der Waals surface area contributed by atoms with Crippen molar-refractivity contribution in [2.45, 2.75) is 6.92 Å². The van der Waals surface area contributed by atoms with Crippen LogP contribution in [0.25, 0.3) is 0 Å². The minimum atomic E-state index is -0.357. The number of esters is 1. The van der Waals surface area contributed by atoms with Gasteiger partial charge in [0.25, 0.3) is 0 Å². The maximum Gasteiger partial charge on any atom is 0.320 e. The second kappa shape index (κ2) is 7.49. The number of carbonyl (C=O) groups excluding carboxylic acids is 1. The SMILES string of the molecule is CCOC(=O)CCl.I. The molecule has 0 unspecified atom stereocenters. The number of hydrogen-bond acceptors (Lipinski definition) is 2. The first-order valence-electron chi connectivity index (χ1n) is 2.02. The molecule has 0 saturated carbocycles. The third-order valence-corrected chi connectivity index (χ3v) is 0.633. The highest BCUT2D eigenvalue weighted by molar-refractivity contribution is 14.0. The van der Waals surface area contributed by atoms with Crippen LogP contribution in [0.15, 0.2) is 0 Å². The van der Waals surface area contributed by atoms with Gasteiger partial charge in [0.2, 0.25) is 0 Å². The molecular weight excluding hydrogens is 242 g/mol. The number of alkyl halides is 1. The summed E-state index contributed by atoms with van der Waals surface area (Å²) in [6.45, 7) is 2.15. The van der Waals surface area contributed by atoms with E-state index in [1.807, 2.05) is 0 Å². The van der Waals surface area contributed by atoms with E-state index in [9.17, 15) is 4.79 Å². The van der Waals surface area contributed by atoms with E-state index >= 15 is 0 Å². The zero-order valence-corrected chi connectivity index (χ0v) is 7.60. The molecule has 0 N–H and O–H groups in total.